The summed E-state index contributed by atoms with van der Waals surface area (Å²) in [7, 11) is 0. The largest absolute Gasteiger partial charge is 0.300 e. The van der Waals surface area contributed by atoms with E-state index in [9.17, 15) is 4.79 Å². The zero-order valence-electron chi connectivity index (χ0n) is 10.8. The average molecular weight is 231 g/mol. The lowest BCUT2D eigenvalue weighted by Crippen LogP contribution is -2.35. The van der Waals surface area contributed by atoms with Gasteiger partial charge in [0, 0.05) is 12.5 Å². The second-order valence-electron chi connectivity index (χ2n) is 5.09. The maximum Gasteiger partial charge on any atom is 0.133 e. The van der Waals surface area contributed by atoms with Crippen molar-refractivity contribution in [3.05, 3.63) is 35.4 Å². The highest BCUT2D eigenvalue weighted by Gasteiger charge is 2.22. The molecule has 0 saturated carbocycles. The molecule has 1 aromatic carbocycles. The number of piperidine rings is 1. The third-order valence-electron chi connectivity index (χ3n) is 3.82. The number of aryl methyl sites for hydroxylation is 1. The number of rotatable bonds is 3. The van der Waals surface area contributed by atoms with Crippen molar-refractivity contribution in [3.63, 3.8) is 0 Å². The Balaban J connectivity index is 1.90. The van der Waals surface area contributed by atoms with Crippen LogP contribution in [0.5, 0.6) is 0 Å². The second-order valence-corrected chi connectivity index (χ2v) is 5.09. The van der Waals surface area contributed by atoms with Gasteiger partial charge in [0.1, 0.15) is 5.78 Å². The van der Waals surface area contributed by atoms with E-state index in [4.69, 9.17) is 0 Å². The van der Waals surface area contributed by atoms with Crippen molar-refractivity contribution in [1.82, 2.24) is 4.90 Å². The molecule has 1 aliphatic rings. The van der Waals surface area contributed by atoms with Crippen molar-refractivity contribution in [1.29, 1.82) is 0 Å². The summed E-state index contributed by atoms with van der Waals surface area (Å²) >= 11 is 0. The van der Waals surface area contributed by atoms with Crippen LogP contribution in [0.1, 0.15) is 30.9 Å². The van der Waals surface area contributed by atoms with E-state index in [0.29, 0.717) is 11.7 Å². The topological polar surface area (TPSA) is 20.3 Å². The molecule has 17 heavy (non-hydrogen) atoms. The summed E-state index contributed by atoms with van der Waals surface area (Å²) in [5.74, 6) is 0.670. The fraction of sp³-hybridized carbons (Fsp3) is 0.533. The molecular weight excluding hydrogens is 210 g/mol. The van der Waals surface area contributed by atoms with Gasteiger partial charge < -0.3 is 0 Å². The van der Waals surface area contributed by atoms with E-state index < -0.39 is 0 Å². The van der Waals surface area contributed by atoms with Gasteiger partial charge in [-0.25, -0.2) is 0 Å². The number of carbonyl (C=O) groups excluding carboxylic acids is 1. The van der Waals surface area contributed by atoms with Crippen LogP contribution in [0.3, 0.4) is 0 Å². The van der Waals surface area contributed by atoms with E-state index in [2.05, 4.69) is 36.1 Å². The summed E-state index contributed by atoms with van der Waals surface area (Å²) in [6.07, 6.45) is 2.06. The molecule has 2 heteroatoms. The number of Topliss-reactive ketones (excluding diaryl/α,β-unsaturated/α-hetero) is 1. The van der Waals surface area contributed by atoms with Gasteiger partial charge in [-0.2, -0.15) is 0 Å². The zero-order chi connectivity index (χ0) is 12.3. The Morgan fingerprint density at radius 2 is 1.94 bits per heavy atom. The molecule has 0 aromatic heterocycles. The number of ketones is 1. The monoisotopic (exact) mass is 231 g/mol. The van der Waals surface area contributed by atoms with Crippen molar-refractivity contribution >= 4 is 5.78 Å². The van der Waals surface area contributed by atoms with Crippen LogP contribution in [-0.2, 0) is 11.3 Å². The van der Waals surface area contributed by atoms with Crippen molar-refractivity contribution in [2.24, 2.45) is 5.92 Å². The third-order valence-corrected chi connectivity index (χ3v) is 3.82. The molecular formula is C15H21NO. The molecule has 0 aliphatic carbocycles. The minimum atomic E-state index is 0.308. The van der Waals surface area contributed by atoms with Crippen LogP contribution in [0, 0.1) is 12.8 Å². The Labute approximate surface area is 104 Å². The fourth-order valence-electron chi connectivity index (χ4n) is 2.53. The van der Waals surface area contributed by atoms with Crippen molar-refractivity contribution in [2.75, 3.05) is 13.1 Å². The molecule has 0 N–H and O–H groups in total. The van der Waals surface area contributed by atoms with Crippen LogP contribution < -0.4 is 0 Å². The van der Waals surface area contributed by atoms with Gasteiger partial charge in [0.15, 0.2) is 0 Å². The van der Waals surface area contributed by atoms with Crippen LogP contribution in [-0.4, -0.2) is 23.8 Å². The van der Waals surface area contributed by atoms with Gasteiger partial charge in [-0.3, -0.25) is 9.69 Å². The first-order valence-corrected chi connectivity index (χ1v) is 6.44. The number of hydrogen-bond donors (Lipinski definition) is 0. The molecule has 2 rings (SSSR count). The molecule has 92 valence electrons. The van der Waals surface area contributed by atoms with Crippen LogP contribution in [0.2, 0.25) is 0 Å². The summed E-state index contributed by atoms with van der Waals surface area (Å²) in [5, 5.41) is 0. The molecule has 1 fully saturated rings. The van der Waals surface area contributed by atoms with Crippen molar-refractivity contribution in [3.8, 4) is 0 Å². The van der Waals surface area contributed by atoms with Crippen molar-refractivity contribution in [2.45, 2.75) is 33.2 Å². The molecule has 0 atom stereocenters. The molecule has 0 amide bonds. The van der Waals surface area contributed by atoms with Gasteiger partial charge in [-0.05, 0) is 50.9 Å². The van der Waals surface area contributed by atoms with Gasteiger partial charge >= 0.3 is 0 Å². The zero-order valence-corrected chi connectivity index (χ0v) is 10.8. The molecule has 0 unspecified atom stereocenters. The Kier molecular flexibility index (Phi) is 3.95. The van der Waals surface area contributed by atoms with Crippen LogP contribution in [0.15, 0.2) is 24.3 Å². The summed E-state index contributed by atoms with van der Waals surface area (Å²) < 4.78 is 0. The van der Waals surface area contributed by atoms with Crippen LogP contribution in [0.25, 0.3) is 0 Å². The van der Waals surface area contributed by atoms with Gasteiger partial charge in [0.05, 0.1) is 0 Å². The lowest BCUT2D eigenvalue weighted by Gasteiger charge is -2.31. The van der Waals surface area contributed by atoms with E-state index in [-0.39, 0.29) is 0 Å². The highest BCUT2D eigenvalue weighted by molar-refractivity contribution is 5.78. The number of likely N-dealkylation sites (tertiary alicyclic amines) is 1. The predicted molar refractivity (Wildman–Crippen MR) is 69.9 cm³/mol. The summed E-state index contributed by atoms with van der Waals surface area (Å²) in [6.45, 7) is 7.02. The Bertz CT molecular complexity index is 392. The fourth-order valence-corrected chi connectivity index (χ4v) is 2.53. The quantitative estimate of drug-likeness (QED) is 0.797. The van der Waals surface area contributed by atoms with Gasteiger partial charge in [0.25, 0.3) is 0 Å². The number of hydrogen-bond acceptors (Lipinski definition) is 2. The lowest BCUT2D eigenvalue weighted by atomic mass is 9.93. The summed E-state index contributed by atoms with van der Waals surface area (Å²) in [6, 6.07) is 8.55. The Morgan fingerprint density at radius 3 is 2.53 bits per heavy atom. The molecule has 1 aromatic rings. The maximum atomic E-state index is 11.3. The Morgan fingerprint density at radius 1 is 1.29 bits per heavy atom. The average Bonchev–Trinajstić information content (AvgIpc) is 2.33. The summed E-state index contributed by atoms with van der Waals surface area (Å²) in [5.41, 5.74) is 2.77. The van der Waals surface area contributed by atoms with Crippen LogP contribution >= 0.6 is 0 Å². The SMILES string of the molecule is CC(=O)C1CCN(Cc2ccccc2C)CC1. The minimum absolute atomic E-state index is 0.308. The molecule has 0 spiro atoms. The van der Waals surface area contributed by atoms with Crippen molar-refractivity contribution < 1.29 is 4.79 Å². The van der Waals surface area contributed by atoms with E-state index in [0.717, 1.165) is 32.5 Å². The number of carbonyl (C=O) groups is 1. The van der Waals surface area contributed by atoms with Gasteiger partial charge in [0.2, 0.25) is 0 Å². The molecule has 0 radical (unpaired) electrons. The van der Waals surface area contributed by atoms with Gasteiger partial charge in [-0.15, -0.1) is 0 Å². The van der Waals surface area contributed by atoms with E-state index in [1.165, 1.54) is 11.1 Å². The normalized spacial score (nSPS) is 18.2. The lowest BCUT2D eigenvalue weighted by molar-refractivity contribution is -0.122. The highest BCUT2D eigenvalue weighted by Crippen LogP contribution is 2.20. The predicted octanol–water partition coefficient (Wildman–Crippen LogP) is 2.80. The van der Waals surface area contributed by atoms with Gasteiger partial charge in [-0.1, -0.05) is 24.3 Å². The first-order valence-electron chi connectivity index (χ1n) is 6.44. The third kappa shape index (κ3) is 3.16. The number of nitrogens with zero attached hydrogens (tertiary/aromatic N) is 1. The minimum Gasteiger partial charge on any atom is -0.300 e. The first kappa shape index (κ1) is 12.3. The second kappa shape index (κ2) is 5.46. The molecule has 0 bridgehead atoms. The van der Waals surface area contributed by atoms with E-state index in [1.807, 2.05) is 0 Å². The first-order chi connectivity index (χ1) is 8.16. The smallest absolute Gasteiger partial charge is 0.133 e. The Hall–Kier alpha value is -1.15. The highest BCUT2D eigenvalue weighted by atomic mass is 16.1. The maximum absolute atomic E-state index is 11.3. The molecule has 2 nitrogen and oxygen atoms in total. The molecule has 1 saturated heterocycles. The van der Waals surface area contributed by atoms with E-state index in [1.54, 1.807) is 6.92 Å². The van der Waals surface area contributed by atoms with E-state index >= 15 is 0 Å². The standard InChI is InChI=1S/C15H21NO/c1-12-5-3-4-6-15(12)11-16-9-7-14(8-10-16)13(2)17/h3-6,14H,7-11H2,1-2H3. The molecule has 1 heterocycles. The number of benzene rings is 1. The van der Waals surface area contributed by atoms with Crippen LogP contribution in [0.4, 0.5) is 0 Å². The summed E-state index contributed by atoms with van der Waals surface area (Å²) in [4.78, 5) is 13.8. The molecule has 1 aliphatic heterocycles.